The molecule has 1 aromatic heterocycles. The molecule has 78 valence electrons. The highest BCUT2D eigenvalue weighted by atomic mass is 79.9. The van der Waals surface area contributed by atoms with E-state index in [-0.39, 0.29) is 6.42 Å². The maximum absolute atomic E-state index is 10.9. The van der Waals surface area contributed by atoms with Crippen LogP contribution in [-0.4, -0.2) is 16.1 Å². The topological polar surface area (TPSA) is 83.3 Å². The predicted molar refractivity (Wildman–Crippen MR) is 55.9 cm³/mol. The van der Waals surface area contributed by atoms with Crippen molar-refractivity contribution in [2.45, 2.75) is 6.42 Å². The van der Waals surface area contributed by atoms with Crippen molar-refractivity contribution in [1.82, 2.24) is 4.98 Å². The molecule has 0 unspecified atom stereocenters. The third-order valence-corrected chi connectivity index (χ3v) is 2.52. The number of carbonyl (C=O) groups is 1. The van der Waals surface area contributed by atoms with E-state index in [4.69, 9.17) is 9.52 Å². The summed E-state index contributed by atoms with van der Waals surface area (Å²) in [6.45, 7) is 0. The summed E-state index contributed by atoms with van der Waals surface area (Å²) >= 11 is 3.23. The van der Waals surface area contributed by atoms with Crippen molar-refractivity contribution >= 4 is 33.0 Å². The fraction of sp³-hybridized carbons (Fsp3) is 0.111. The number of benzene rings is 1. The molecule has 0 amide bonds. The molecule has 2 aromatic rings. The lowest BCUT2D eigenvalue weighted by atomic mass is 10.1. The molecule has 6 heteroatoms. The molecule has 0 radical (unpaired) electrons. The summed E-state index contributed by atoms with van der Waals surface area (Å²) in [7, 11) is 0. The summed E-state index contributed by atoms with van der Waals surface area (Å²) in [6.07, 6.45) is -0.108. The van der Waals surface area contributed by atoms with Crippen LogP contribution in [-0.2, 0) is 11.2 Å². The Labute approximate surface area is 91.8 Å². The van der Waals surface area contributed by atoms with Gasteiger partial charge in [0, 0.05) is 4.47 Å². The van der Waals surface area contributed by atoms with Gasteiger partial charge in [-0.05, 0) is 33.6 Å². The van der Waals surface area contributed by atoms with Crippen LogP contribution < -0.4 is 5.76 Å². The second-order valence-corrected chi connectivity index (χ2v) is 3.89. The molecule has 1 heterocycles. The molecule has 0 spiro atoms. The predicted octanol–water partition coefficient (Wildman–Crippen LogP) is 1.51. The van der Waals surface area contributed by atoms with Gasteiger partial charge < -0.3 is 9.52 Å². The van der Waals surface area contributed by atoms with Crippen molar-refractivity contribution in [3.63, 3.8) is 0 Å². The molecule has 1 aromatic carbocycles. The first-order chi connectivity index (χ1) is 7.06. The number of carboxylic acids is 1. The van der Waals surface area contributed by atoms with Gasteiger partial charge in [0.15, 0.2) is 5.58 Å². The summed E-state index contributed by atoms with van der Waals surface area (Å²) in [5.41, 5.74) is 1.46. The van der Waals surface area contributed by atoms with Gasteiger partial charge >= 0.3 is 11.7 Å². The van der Waals surface area contributed by atoms with Crippen molar-refractivity contribution in [3.8, 4) is 0 Å². The van der Waals surface area contributed by atoms with Crippen LogP contribution in [0.2, 0.25) is 0 Å². The molecule has 0 aliphatic rings. The summed E-state index contributed by atoms with van der Waals surface area (Å²) in [6, 6.07) is 3.17. The minimum Gasteiger partial charge on any atom is -0.481 e. The quantitative estimate of drug-likeness (QED) is 0.867. The number of carboxylic acid groups (broad SMARTS) is 1. The van der Waals surface area contributed by atoms with Crippen molar-refractivity contribution in [2.75, 3.05) is 0 Å². The number of fused-ring (bicyclic) bond motifs is 1. The number of hydrogen-bond acceptors (Lipinski definition) is 3. The molecule has 15 heavy (non-hydrogen) atoms. The summed E-state index contributed by atoms with van der Waals surface area (Å²) in [5.74, 6) is -1.49. The van der Waals surface area contributed by atoms with Crippen LogP contribution in [0.25, 0.3) is 11.1 Å². The van der Waals surface area contributed by atoms with Crippen LogP contribution in [0.4, 0.5) is 0 Å². The molecular weight excluding hydrogens is 266 g/mol. The van der Waals surface area contributed by atoms with Gasteiger partial charge in [0.1, 0.15) is 5.52 Å². The lowest BCUT2D eigenvalue weighted by Gasteiger charge is -1.98. The zero-order chi connectivity index (χ0) is 11.0. The second kappa shape index (κ2) is 3.54. The van der Waals surface area contributed by atoms with Crippen LogP contribution >= 0.6 is 15.9 Å². The van der Waals surface area contributed by atoms with Gasteiger partial charge in [-0.3, -0.25) is 9.78 Å². The Kier molecular flexibility index (Phi) is 2.36. The SMILES string of the molecule is O=C(O)Cc1cc(Br)c2[nH]c(=O)oc2c1. The number of hydrogen-bond donors (Lipinski definition) is 2. The van der Waals surface area contributed by atoms with Crippen molar-refractivity contribution < 1.29 is 14.3 Å². The third-order valence-electron chi connectivity index (χ3n) is 1.90. The van der Waals surface area contributed by atoms with Crippen LogP contribution in [0, 0.1) is 0 Å². The molecule has 0 bridgehead atoms. The first kappa shape index (κ1) is 9.97. The maximum Gasteiger partial charge on any atom is 0.417 e. The summed E-state index contributed by atoms with van der Waals surface area (Å²) < 4.78 is 5.45. The number of aliphatic carboxylic acids is 1. The van der Waals surface area contributed by atoms with E-state index in [1.54, 1.807) is 6.07 Å². The van der Waals surface area contributed by atoms with Gasteiger partial charge in [0.05, 0.1) is 6.42 Å². The molecule has 0 saturated carbocycles. The van der Waals surface area contributed by atoms with Crippen molar-refractivity contribution in [3.05, 3.63) is 32.7 Å². The number of halogens is 1. The number of oxazole rings is 1. The van der Waals surface area contributed by atoms with Crippen LogP contribution in [0.5, 0.6) is 0 Å². The van der Waals surface area contributed by atoms with Crippen LogP contribution in [0.15, 0.2) is 25.8 Å². The van der Waals surface area contributed by atoms with Crippen LogP contribution in [0.3, 0.4) is 0 Å². The Morgan fingerprint density at radius 1 is 1.53 bits per heavy atom. The molecule has 2 N–H and O–H groups in total. The zero-order valence-electron chi connectivity index (χ0n) is 7.41. The summed E-state index contributed by atoms with van der Waals surface area (Å²) in [5, 5.41) is 8.62. The van der Waals surface area contributed by atoms with E-state index in [9.17, 15) is 9.59 Å². The van der Waals surface area contributed by atoms with E-state index in [0.717, 1.165) is 0 Å². The Morgan fingerprint density at radius 2 is 2.27 bits per heavy atom. The Balaban J connectivity index is 2.61. The highest BCUT2D eigenvalue weighted by Gasteiger charge is 2.09. The average Bonchev–Trinajstić information content (AvgIpc) is 2.44. The van der Waals surface area contributed by atoms with Crippen molar-refractivity contribution in [1.29, 1.82) is 0 Å². The summed E-state index contributed by atoms with van der Waals surface area (Å²) in [4.78, 5) is 23.9. The number of aromatic nitrogens is 1. The van der Waals surface area contributed by atoms with Crippen LogP contribution in [0.1, 0.15) is 5.56 Å². The normalized spacial score (nSPS) is 10.7. The monoisotopic (exact) mass is 271 g/mol. The number of nitrogens with one attached hydrogen (secondary N) is 1. The number of rotatable bonds is 2. The number of aromatic amines is 1. The smallest absolute Gasteiger partial charge is 0.417 e. The van der Waals surface area contributed by atoms with Crippen molar-refractivity contribution in [2.24, 2.45) is 0 Å². The van der Waals surface area contributed by atoms with Gasteiger partial charge in [0.2, 0.25) is 0 Å². The average molecular weight is 272 g/mol. The van der Waals surface area contributed by atoms with E-state index in [1.165, 1.54) is 6.07 Å². The van der Waals surface area contributed by atoms with Gasteiger partial charge in [-0.2, -0.15) is 0 Å². The van der Waals surface area contributed by atoms with E-state index < -0.39 is 11.7 Å². The highest BCUT2D eigenvalue weighted by molar-refractivity contribution is 9.10. The molecule has 0 fully saturated rings. The first-order valence-electron chi connectivity index (χ1n) is 4.09. The molecule has 0 atom stereocenters. The Bertz CT molecular complexity index is 583. The lowest BCUT2D eigenvalue weighted by Crippen LogP contribution is -1.99. The zero-order valence-corrected chi connectivity index (χ0v) is 9.00. The third kappa shape index (κ3) is 1.94. The molecule has 5 nitrogen and oxygen atoms in total. The largest absolute Gasteiger partial charge is 0.481 e. The molecular formula is C9H6BrNO4. The van der Waals surface area contributed by atoms with E-state index >= 15 is 0 Å². The Morgan fingerprint density at radius 3 is 2.93 bits per heavy atom. The molecule has 0 aliphatic carbocycles. The fourth-order valence-corrected chi connectivity index (χ4v) is 1.93. The first-order valence-corrected chi connectivity index (χ1v) is 4.88. The minimum absolute atomic E-state index is 0.108. The highest BCUT2D eigenvalue weighted by Crippen LogP contribution is 2.23. The van der Waals surface area contributed by atoms with Gasteiger partial charge in [-0.15, -0.1) is 0 Å². The van der Waals surface area contributed by atoms with Gasteiger partial charge in [0.25, 0.3) is 0 Å². The van der Waals surface area contributed by atoms with Gasteiger partial charge in [-0.25, -0.2) is 4.79 Å². The number of H-pyrrole nitrogens is 1. The Hall–Kier alpha value is -1.56. The molecule has 0 aliphatic heterocycles. The molecule has 2 rings (SSSR count). The standard InChI is InChI=1S/C9H6BrNO4/c10-5-1-4(3-7(12)13)2-6-8(5)11-9(14)15-6/h1-2H,3H2,(H,11,14)(H,12,13). The second-order valence-electron chi connectivity index (χ2n) is 3.04. The van der Waals surface area contributed by atoms with E-state index in [2.05, 4.69) is 20.9 Å². The lowest BCUT2D eigenvalue weighted by molar-refractivity contribution is -0.136. The molecule has 0 saturated heterocycles. The van der Waals surface area contributed by atoms with E-state index in [0.29, 0.717) is 21.1 Å². The van der Waals surface area contributed by atoms with E-state index in [1.807, 2.05) is 0 Å². The maximum atomic E-state index is 10.9. The fourth-order valence-electron chi connectivity index (χ4n) is 1.34. The minimum atomic E-state index is -0.931. The van der Waals surface area contributed by atoms with Gasteiger partial charge in [-0.1, -0.05) is 0 Å².